The first kappa shape index (κ1) is 20.1. The Morgan fingerprint density at radius 3 is 2.65 bits per heavy atom. The summed E-state index contributed by atoms with van der Waals surface area (Å²) in [5, 5.41) is 10.1. The van der Waals surface area contributed by atoms with Gasteiger partial charge in [0.2, 0.25) is 0 Å². The number of fused-ring (bicyclic) bond motifs is 1. The summed E-state index contributed by atoms with van der Waals surface area (Å²) in [5.74, 6) is 1.35. The number of nitrogens with zero attached hydrogens (tertiary/aromatic N) is 3. The maximum absolute atomic E-state index is 12.5. The topological polar surface area (TPSA) is 135 Å². The van der Waals surface area contributed by atoms with E-state index in [9.17, 15) is 14.4 Å². The van der Waals surface area contributed by atoms with E-state index < -0.39 is 5.69 Å². The third-order valence-corrected chi connectivity index (χ3v) is 4.86. The molecule has 10 heteroatoms. The lowest BCUT2D eigenvalue weighted by Gasteiger charge is -2.06. The summed E-state index contributed by atoms with van der Waals surface area (Å²) >= 11 is 0. The van der Waals surface area contributed by atoms with Gasteiger partial charge in [0.15, 0.2) is 5.82 Å². The van der Waals surface area contributed by atoms with Crippen LogP contribution in [0, 0.1) is 0 Å². The molecule has 0 bridgehead atoms. The molecule has 31 heavy (non-hydrogen) atoms. The SMILES string of the molecule is CCn1c(=O)[nH]c2cc(C(=O)NCc3nc(-c4ccc(OC)cc4)n[nH]3)ccc2c1=O. The first-order valence-electron chi connectivity index (χ1n) is 9.61. The van der Waals surface area contributed by atoms with Gasteiger partial charge in [0.25, 0.3) is 11.5 Å². The largest absolute Gasteiger partial charge is 0.497 e. The van der Waals surface area contributed by atoms with Gasteiger partial charge in [-0.2, -0.15) is 5.10 Å². The van der Waals surface area contributed by atoms with Crippen molar-refractivity contribution in [3.8, 4) is 17.1 Å². The molecule has 0 aliphatic carbocycles. The molecule has 0 aliphatic rings. The van der Waals surface area contributed by atoms with Gasteiger partial charge in [0, 0.05) is 17.7 Å². The zero-order chi connectivity index (χ0) is 22.0. The second kappa shape index (κ2) is 8.27. The van der Waals surface area contributed by atoms with E-state index >= 15 is 0 Å². The number of nitrogens with one attached hydrogen (secondary N) is 3. The molecule has 3 N–H and O–H groups in total. The molecule has 158 valence electrons. The Bertz CT molecular complexity index is 1370. The van der Waals surface area contributed by atoms with Gasteiger partial charge in [-0.25, -0.2) is 9.78 Å². The third-order valence-electron chi connectivity index (χ3n) is 4.86. The van der Waals surface area contributed by atoms with Crippen LogP contribution in [0.25, 0.3) is 22.3 Å². The Hall–Kier alpha value is -4.21. The molecule has 2 heterocycles. The summed E-state index contributed by atoms with van der Waals surface area (Å²) < 4.78 is 6.24. The van der Waals surface area contributed by atoms with Crippen molar-refractivity contribution >= 4 is 16.8 Å². The number of hydrogen-bond donors (Lipinski definition) is 3. The predicted octanol–water partition coefficient (Wildman–Crippen LogP) is 1.43. The molecule has 1 amide bonds. The number of ether oxygens (including phenoxy) is 1. The van der Waals surface area contributed by atoms with E-state index in [1.54, 1.807) is 20.1 Å². The second-order valence-electron chi connectivity index (χ2n) is 6.76. The molecule has 0 saturated carbocycles. The number of methoxy groups -OCH3 is 1. The highest BCUT2D eigenvalue weighted by atomic mass is 16.5. The Morgan fingerprint density at radius 2 is 1.94 bits per heavy atom. The molecule has 0 fully saturated rings. The summed E-state index contributed by atoms with van der Waals surface area (Å²) in [7, 11) is 1.59. The average molecular weight is 420 g/mol. The molecule has 4 aromatic rings. The lowest BCUT2D eigenvalue weighted by molar-refractivity contribution is 0.0950. The molecule has 10 nitrogen and oxygen atoms in total. The van der Waals surface area contributed by atoms with E-state index in [0.717, 1.165) is 15.9 Å². The molecule has 0 unspecified atom stereocenters. The summed E-state index contributed by atoms with van der Waals surface area (Å²) in [6, 6.07) is 11.9. The molecule has 0 aliphatic heterocycles. The number of carbonyl (C=O) groups excluding carboxylic acids is 1. The maximum atomic E-state index is 12.5. The van der Waals surface area contributed by atoms with Crippen molar-refractivity contribution in [2.45, 2.75) is 20.0 Å². The first-order chi connectivity index (χ1) is 15.0. The number of rotatable bonds is 6. The Kier molecular flexibility index (Phi) is 5.35. The molecule has 0 spiro atoms. The quantitative estimate of drug-likeness (QED) is 0.432. The molecule has 2 aromatic heterocycles. The molecule has 0 atom stereocenters. The van der Waals surface area contributed by atoms with Crippen molar-refractivity contribution in [1.29, 1.82) is 0 Å². The molecule has 4 rings (SSSR count). The van der Waals surface area contributed by atoms with Crippen molar-refractivity contribution in [3.63, 3.8) is 0 Å². The molecule has 0 radical (unpaired) electrons. The Labute approximate surface area is 175 Å². The van der Waals surface area contributed by atoms with Crippen LogP contribution in [-0.4, -0.2) is 37.7 Å². The van der Waals surface area contributed by atoms with Crippen LogP contribution in [-0.2, 0) is 13.1 Å². The van der Waals surface area contributed by atoms with E-state index in [1.807, 2.05) is 24.3 Å². The smallest absolute Gasteiger partial charge is 0.328 e. The van der Waals surface area contributed by atoms with Crippen molar-refractivity contribution in [3.05, 3.63) is 74.7 Å². The van der Waals surface area contributed by atoms with Crippen LogP contribution < -0.4 is 21.3 Å². The predicted molar refractivity (Wildman–Crippen MR) is 114 cm³/mol. The first-order valence-corrected chi connectivity index (χ1v) is 9.61. The van der Waals surface area contributed by atoms with Crippen molar-refractivity contribution in [2.75, 3.05) is 7.11 Å². The highest BCUT2D eigenvalue weighted by molar-refractivity contribution is 5.97. The highest BCUT2D eigenvalue weighted by Crippen LogP contribution is 2.19. The van der Waals surface area contributed by atoms with Crippen molar-refractivity contribution < 1.29 is 9.53 Å². The van der Waals surface area contributed by atoms with E-state index in [0.29, 0.717) is 28.1 Å². The lowest BCUT2D eigenvalue weighted by atomic mass is 10.1. The minimum Gasteiger partial charge on any atom is -0.497 e. The average Bonchev–Trinajstić information content (AvgIpc) is 3.26. The number of H-pyrrole nitrogens is 2. The van der Waals surface area contributed by atoms with Gasteiger partial charge >= 0.3 is 5.69 Å². The number of aromatic nitrogens is 5. The van der Waals surface area contributed by atoms with Gasteiger partial charge in [-0.1, -0.05) is 0 Å². The second-order valence-corrected chi connectivity index (χ2v) is 6.76. The molecular formula is C21H20N6O4. The van der Waals surface area contributed by atoms with Gasteiger partial charge in [0.1, 0.15) is 11.6 Å². The number of benzene rings is 2. The van der Waals surface area contributed by atoms with Crippen LogP contribution >= 0.6 is 0 Å². The fourth-order valence-corrected chi connectivity index (χ4v) is 3.19. The van der Waals surface area contributed by atoms with E-state index in [2.05, 4.69) is 25.5 Å². The highest BCUT2D eigenvalue weighted by Gasteiger charge is 2.12. The fourth-order valence-electron chi connectivity index (χ4n) is 3.19. The summed E-state index contributed by atoms with van der Waals surface area (Å²) in [6.45, 7) is 2.11. The van der Waals surface area contributed by atoms with E-state index in [4.69, 9.17) is 4.74 Å². The Morgan fingerprint density at radius 1 is 1.16 bits per heavy atom. The minimum absolute atomic E-state index is 0.133. The van der Waals surface area contributed by atoms with E-state index in [1.165, 1.54) is 12.1 Å². The van der Waals surface area contributed by atoms with Gasteiger partial charge in [-0.3, -0.25) is 19.3 Å². The van der Waals surface area contributed by atoms with Gasteiger partial charge in [-0.05, 0) is 49.4 Å². The van der Waals surface area contributed by atoms with Crippen molar-refractivity contribution in [1.82, 2.24) is 30.0 Å². The number of hydrogen-bond acceptors (Lipinski definition) is 6. The number of amides is 1. The fraction of sp³-hybridized carbons (Fsp3) is 0.190. The van der Waals surface area contributed by atoms with Crippen LogP contribution in [0.5, 0.6) is 5.75 Å². The minimum atomic E-state index is -0.509. The lowest BCUT2D eigenvalue weighted by Crippen LogP contribution is -2.34. The Balaban J connectivity index is 1.49. The number of aromatic amines is 2. The van der Waals surface area contributed by atoms with Crippen molar-refractivity contribution in [2.24, 2.45) is 0 Å². The van der Waals surface area contributed by atoms with Crippen LogP contribution in [0.15, 0.2) is 52.1 Å². The summed E-state index contributed by atoms with van der Waals surface area (Å²) in [4.78, 5) is 43.9. The maximum Gasteiger partial charge on any atom is 0.328 e. The molecule has 2 aromatic carbocycles. The zero-order valence-corrected chi connectivity index (χ0v) is 16.9. The standard InChI is InChI=1S/C21H20N6O4/c1-3-27-20(29)15-9-6-13(10-16(15)23-21(27)30)19(28)22-11-17-24-18(26-25-17)12-4-7-14(31-2)8-5-12/h4-10H,3,11H2,1-2H3,(H,22,28)(H,23,30)(H,24,25,26). The van der Waals surface area contributed by atoms with Crippen LogP contribution in [0.2, 0.25) is 0 Å². The van der Waals surface area contributed by atoms with Crippen LogP contribution in [0.4, 0.5) is 0 Å². The number of carbonyl (C=O) groups is 1. The van der Waals surface area contributed by atoms with Crippen LogP contribution in [0.1, 0.15) is 23.1 Å². The third kappa shape index (κ3) is 3.95. The monoisotopic (exact) mass is 420 g/mol. The summed E-state index contributed by atoms with van der Waals surface area (Å²) in [5.41, 5.74) is 0.539. The summed E-state index contributed by atoms with van der Waals surface area (Å²) in [6.07, 6.45) is 0. The van der Waals surface area contributed by atoms with E-state index in [-0.39, 0.29) is 24.6 Å². The van der Waals surface area contributed by atoms with Crippen LogP contribution in [0.3, 0.4) is 0 Å². The van der Waals surface area contributed by atoms with Gasteiger partial charge < -0.3 is 15.0 Å². The van der Waals surface area contributed by atoms with Gasteiger partial charge in [-0.15, -0.1) is 0 Å². The molecule has 0 saturated heterocycles. The normalized spacial score (nSPS) is 10.9. The molecular weight excluding hydrogens is 400 g/mol. The zero-order valence-electron chi connectivity index (χ0n) is 16.9. The van der Waals surface area contributed by atoms with Gasteiger partial charge in [0.05, 0.1) is 24.6 Å².